The van der Waals surface area contributed by atoms with Crippen molar-refractivity contribution in [1.29, 1.82) is 0 Å². The molecule has 178 valence electrons. The van der Waals surface area contributed by atoms with Crippen molar-refractivity contribution in [3.05, 3.63) is 100 Å². The summed E-state index contributed by atoms with van der Waals surface area (Å²) >= 11 is 5.92. The minimum absolute atomic E-state index is 0.0101. The second kappa shape index (κ2) is 10.3. The van der Waals surface area contributed by atoms with Crippen LogP contribution >= 0.6 is 11.6 Å². The van der Waals surface area contributed by atoms with Crippen molar-refractivity contribution in [3.8, 4) is 5.75 Å². The molecule has 1 aliphatic rings. The zero-order chi connectivity index (χ0) is 24.2. The quantitative estimate of drug-likeness (QED) is 0.223. The molecular formula is C27H26ClN5O2. The number of nitrogens with one attached hydrogen (secondary N) is 4. The van der Waals surface area contributed by atoms with E-state index in [1.807, 2.05) is 79.7 Å². The van der Waals surface area contributed by atoms with E-state index >= 15 is 0 Å². The molecule has 0 aliphatic carbocycles. The lowest BCUT2D eigenvalue weighted by Crippen LogP contribution is -2.41. The Balaban J connectivity index is 1.13. The first-order valence-corrected chi connectivity index (χ1v) is 11.8. The van der Waals surface area contributed by atoms with Crippen LogP contribution in [0.4, 0.5) is 0 Å². The van der Waals surface area contributed by atoms with E-state index in [4.69, 9.17) is 16.3 Å². The summed E-state index contributed by atoms with van der Waals surface area (Å²) in [6, 6.07) is 23.1. The van der Waals surface area contributed by atoms with Crippen molar-refractivity contribution < 1.29 is 9.53 Å². The van der Waals surface area contributed by atoms with E-state index in [0.29, 0.717) is 18.1 Å². The Morgan fingerprint density at radius 1 is 1.09 bits per heavy atom. The number of carbonyl (C=O) groups excluding carboxylic acids is 1. The van der Waals surface area contributed by atoms with Crippen molar-refractivity contribution in [2.75, 3.05) is 0 Å². The van der Waals surface area contributed by atoms with Crippen LogP contribution in [-0.2, 0) is 11.4 Å². The average molecular weight is 488 g/mol. The number of para-hydroxylation sites is 1. The molecule has 0 radical (unpaired) electrons. The van der Waals surface area contributed by atoms with Crippen LogP contribution in [0, 0.1) is 6.92 Å². The maximum Gasteiger partial charge on any atom is 0.258 e. The Kier molecular flexibility index (Phi) is 6.81. The van der Waals surface area contributed by atoms with Crippen molar-refractivity contribution in [2.24, 2.45) is 5.10 Å². The molecule has 1 aliphatic heterocycles. The highest BCUT2D eigenvalue weighted by Crippen LogP contribution is 2.25. The number of hydrogen-bond donors (Lipinski definition) is 4. The molecule has 35 heavy (non-hydrogen) atoms. The average Bonchev–Trinajstić information content (AvgIpc) is 3.49. The van der Waals surface area contributed by atoms with Crippen molar-refractivity contribution in [1.82, 2.24) is 21.3 Å². The van der Waals surface area contributed by atoms with E-state index in [2.05, 4.69) is 26.4 Å². The Bertz CT molecular complexity index is 1350. The van der Waals surface area contributed by atoms with Crippen LogP contribution in [-0.4, -0.2) is 23.1 Å². The molecule has 1 saturated heterocycles. The Morgan fingerprint density at radius 2 is 1.86 bits per heavy atom. The number of carbonyl (C=O) groups is 1. The van der Waals surface area contributed by atoms with Crippen molar-refractivity contribution >= 4 is 34.6 Å². The first-order valence-electron chi connectivity index (χ1n) is 11.5. The van der Waals surface area contributed by atoms with E-state index in [1.165, 1.54) is 0 Å². The number of H-pyrrole nitrogens is 1. The van der Waals surface area contributed by atoms with E-state index < -0.39 is 0 Å². The van der Waals surface area contributed by atoms with Crippen LogP contribution in [0.2, 0.25) is 5.02 Å². The summed E-state index contributed by atoms with van der Waals surface area (Å²) in [5, 5.41) is 5.97. The number of halogens is 1. The highest BCUT2D eigenvalue weighted by Gasteiger charge is 2.30. The van der Waals surface area contributed by atoms with Crippen LogP contribution in [0.1, 0.15) is 34.8 Å². The molecule has 2 heterocycles. The molecule has 1 fully saturated rings. The summed E-state index contributed by atoms with van der Waals surface area (Å²) in [4.78, 5) is 16.0. The van der Waals surface area contributed by atoms with Gasteiger partial charge in [-0.05, 0) is 54.8 Å². The number of benzene rings is 3. The van der Waals surface area contributed by atoms with Gasteiger partial charge in [0.2, 0.25) is 0 Å². The van der Waals surface area contributed by atoms with Crippen LogP contribution in [0.25, 0.3) is 10.9 Å². The van der Waals surface area contributed by atoms with E-state index in [9.17, 15) is 4.79 Å². The normalized spacial score (nSPS) is 17.8. The SMILES string of the molecule is Cc1[nH]c2ccccc2c1/C=N/NC(=O)C1CC(c2ccc(OCc3ccc(Cl)cc3)cc2)NN1. The third-order valence-corrected chi connectivity index (χ3v) is 6.38. The lowest BCUT2D eigenvalue weighted by atomic mass is 10.0. The molecule has 7 nitrogen and oxygen atoms in total. The molecule has 5 rings (SSSR count). The highest BCUT2D eigenvalue weighted by molar-refractivity contribution is 6.30. The van der Waals surface area contributed by atoms with Gasteiger partial charge in [-0.3, -0.25) is 4.79 Å². The minimum Gasteiger partial charge on any atom is -0.489 e. The van der Waals surface area contributed by atoms with Gasteiger partial charge in [-0.2, -0.15) is 5.10 Å². The van der Waals surface area contributed by atoms with Gasteiger partial charge in [0.25, 0.3) is 5.91 Å². The molecule has 4 N–H and O–H groups in total. The highest BCUT2D eigenvalue weighted by atomic mass is 35.5. The molecule has 0 spiro atoms. The van der Waals surface area contributed by atoms with Crippen molar-refractivity contribution in [2.45, 2.75) is 32.0 Å². The number of aromatic nitrogens is 1. The number of hydrazone groups is 1. The Labute approximate surface area is 208 Å². The maximum absolute atomic E-state index is 12.6. The summed E-state index contributed by atoms with van der Waals surface area (Å²) in [7, 11) is 0. The third-order valence-electron chi connectivity index (χ3n) is 6.13. The third kappa shape index (κ3) is 5.38. The van der Waals surface area contributed by atoms with Gasteiger partial charge in [0, 0.05) is 33.2 Å². The summed E-state index contributed by atoms with van der Waals surface area (Å²) in [5.74, 6) is 0.600. The largest absolute Gasteiger partial charge is 0.489 e. The zero-order valence-corrected chi connectivity index (χ0v) is 20.0. The van der Waals surface area contributed by atoms with Gasteiger partial charge in [0.05, 0.1) is 6.21 Å². The Hall–Kier alpha value is -3.65. The van der Waals surface area contributed by atoms with E-state index in [-0.39, 0.29) is 18.0 Å². The zero-order valence-electron chi connectivity index (χ0n) is 19.2. The van der Waals surface area contributed by atoms with Crippen LogP contribution < -0.4 is 21.0 Å². The molecule has 8 heteroatoms. The second-order valence-electron chi connectivity index (χ2n) is 8.56. The summed E-state index contributed by atoms with van der Waals surface area (Å²) in [6.07, 6.45) is 2.30. The van der Waals surface area contributed by atoms with Gasteiger partial charge < -0.3 is 9.72 Å². The predicted molar refractivity (Wildman–Crippen MR) is 138 cm³/mol. The molecule has 3 aromatic carbocycles. The van der Waals surface area contributed by atoms with E-state index in [0.717, 1.165) is 39.0 Å². The fraction of sp³-hybridized carbons (Fsp3) is 0.185. The number of fused-ring (bicyclic) bond motifs is 1. The van der Waals surface area contributed by atoms with Gasteiger partial charge >= 0.3 is 0 Å². The van der Waals surface area contributed by atoms with Gasteiger partial charge in [-0.1, -0.05) is 54.1 Å². The van der Waals surface area contributed by atoms with Crippen LogP contribution in [0.15, 0.2) is 77.9 Å². The smallest absolute Gasteiger partial charge is 0.258 e. The molecule has 1 amide bonds. The van der Waals surface area contributed by atoms with Gasteiger partial charge in [-0.25, -0.2) is 16.3 Å². The molecule has 2 atom stereocenters. The standard InChI is InChI=1S/C27H26ClN5O2/c1-17-23(22-4-2-3-5-24(22)30-17)15-29-33-27(34)26-14-25(31-32-26)19-8-12-21(13-9-19)35-16-18-6-10-20(28)11-7-18/h2-13,15,25-26,30-32H,14,16H2,1H3,(H,33,34)/b29-15+. The Morgan fingerprint density at radius 3 is 2.66 bits per heavy atom. The lowest BCUT2D eigenvalue weighted by molar-refractivity contribution is -0.122. The number of nitrogens with zero attached hydrogens (tertiary/aromatic N) is 1. The number of hydrazine groups is 1. The van der Waals surface area contributed by atoms with Crippen LogP contribution in [0.5, 0.6) is 5.75 Å². The maximum atomic E-state index is 12.6. The topological polar surface area (TPSA) is 90.5 Å². The molecule has 2 unspecified atom stereocenters. The van der Waals surface area contributed by atoms with Crippen LogP contribution in [0.3, 0.4) is 0 Å². The second-order valence-corrected chi connectivity index (χ2v) is 8.99. The molecule has 0 bridgehead atoms. The number of aromatic amines is 1. The number of rotatable bonds is 7. The van der Waals surface area contributed by atoms with Crippen molar-refractivity contribution in [3.63, 3.8) is 0 Å². The lowest BCUT2D eigenvalue weighted by Gasteiger charge is -2.11. The molecule has 0 saturated carbocycles. The summed E-state index contributed by atoms with van der Waals surface area (Å²) in [5.41, 5.74) is 14.1. The van der Waals surface area contributed by atoms with E-state index in [1.54, 1.807) is 6.21 Å². The minimum atomic E-state index is -0.387. The van der Waals surface area contributed by atoms with Gasteiger partial charge in [0.1, 0.15) is 18.4 Å². The first kappa shape index (κ1) is 23.1. The van der Waals surface area contributed by atoms with Gasteiger partial charge in [0.15, 0.2) is 0 Å². The summed E-state index contributed by atoms with van der Waals surface area (Å²) in [6.45, 7) is 2.46. The monoisotopic (exact) mass is 487 g/mol. The summed E-state index contributed by atoms with van der Waals surface area (Å²) < 4.78 is 5.86. The number of amides is 1. The molecule has 1 aromatic heterocycles. The molecular weight excluding hydrogens is 462 g/mol. The fourth-order valence-corrected chi connectivity index (χ4v) is 4.32. The molecule has 4 aromatic rings. The van der Waals surface area contributed by atoms with Gasteiger partial charge in [-0.15, -0.1) is 0 Å². The number of ether oxygens (including phenoxy) is 1. The first-order chi connectivity index (χ1) is 17.1. The fourth-order valence-electron chi connectivity index (χ4n) is 4.19. The number of aryl methyl sites for hydroxylation is 1. The predicted octanol–water partition coefficient (Wildman–Crippen LogP) is 4.77. The number of hydrogen-bond acceptors (Lipinski definition) is 5.